The summed E-state index contributed by atoms with van der Waals surface area (Å²) in [5.41, 5.74) is 1.25. The van der Waals surface area contributed by atoms with Crippen molar-refractivity contribution in [1.29, 1.82) is 0 Å². The average molecular weight is 476 g/mol. The van der Waals surface area contributed by atoms with Gasteiger partial charge in [-0.25, -0.2) is 4.98 Å². The lowest BCUT2D eigenvalue weighted by molar-refractivity contribution is 0.297. The normalized spacial score (nSPS) is 11.0. The zero-order chi connectivity index (χ0) is 22.0. The van der Waals surface area contributed by atoms with Crippen molar-refractivity contribution in [3.05, 3.63) is 86.1 Å². The van der Waals surface area contributed by atoms with Crippen LogP contribution in [-0.4, -0.2) is 23.3 Å². The molecule has 0 unspecified atom stereocenters. The molecule has 0 fully saturated rings. The molecule has 1 heterocycles. The third-order valence-corrected chi connectivity index (χ3v) is 5.51. The maximum atomic E-state index is 13.2. The lowest BCUT2D eigenvalue weighted by Crippen LogP contribution is -2.26. The Kier molecular flexibility index (Phi) is 6.37. The minimum Gasteiger partial charge on any atom is -0.497 e. The van der Waals surface area contributed by atoms with E-state index in [1.165, 1.54) is 0 Å². The molecule has 4 rings (SSSR count). The fourth-order valence-corrected chi connectivity index (χ4v) is 4.17. The molecule has 0 radical (unpaired) electrons. The second kappa shape index (κ2) is 9.18. The number of halogens is 3. The first kappa shape index (κ1) is 21.5. The first-order valence-corrected chi connectivity index (χ1v) is 10.5. The van der Waals surface area contributed by atoms with Gasteiger partial charge in [0.2, 0.25) is 0 Å². The lowest BCUT2D eigenvalue weighted by atomic mass is 10.1. The third-order valence-electron chi connectivity index (χ3n) is 4.73. The molecule has 0 spiro atoms. The molecular formula is C23H17Cl3N2O3. The van der Waals surface area contributed by atoms with Gasteiger partial charge in [0.05, 0.1) is 34.6 Å². The van der Waals surface area contributed by atoms with E-state index in [0.29, 0.717) is 43.3 Å². The average Bonchev–Trinajstić information content (AvgIpc) is 2.76. The van der Waals surface area contributed by atoms with Crippen LogP contribution in [0, 0.1) is 0 Å². The molecule has 0 N–H and O–H groups in total. The molecule has 0 saturated carbocycles. The molecule has 0 amide bonds. The number of hydrogen-bond donors (Lipinski definition) is 0. The number of hydrogen-bond acceptors (Lipinski definition) is 4. The van der Waals surface area contributed by atoms with E-state index >= 15 is 0 Å². The Morgan fingerprint density at radius 2 is 1.65 bits per heavy atom. The summed E-state index contributed by atoms with van der Waals surface area (Å²) in [6.07, 6.45) is 0. The first-order valence-electron chi connectivity index (χ1n) is 9.39. The van der Waals surface area contributed by atoms with Gasteiger partial charge in [-0.2, -0.15) is 0 Å². The summed E-state index contributed by atoms with van der Waals surface area (Å²) in [5, 5.41) is 1.55. The monoisotopic (exact) mass is 474 g/mol. The highest BCUT2D eigenvalue weighted by Crippen LogP contribution is 2.35. The number of aromatic nitrogens is 2. The fraction of sp³-hybridized carbons (Fsp3) is 0.130. The number of para-hydroxylation sites is 1. The first-order chi connectivity index (χ1) is 15.0. The van der Waals surface area contributed by atoms with Gasteiger partial charge in [0.25, 0.3) is 5.56 Å². The second-order valence-electron chi connectivity index (χ2n) is 6.68. The molecule has 31 heavy (non-hydrogen) atoms. The maximum Gasteiger partial charge on any atom is 0.261 e. The van der Waals surface area contributed by atoms with Crippen LogP contribution >= 0.6 is 34.8 Å². The van der Waals surface area contributed by atoms with E-state index in [1.54, 1.807) is 29.9 Å². The molecule has 0 bridgehead atoms. The fourth-order valence-electron chi connectivity index (χ4n) is 3.24. The quantitative estimate of drug-likeness (QED) is 0.337. The van der Waals surface area contributed by atoms with E-state index in [4.69, 9.17) is 49.3 Å². The Bertz CT molecular complexity index is 1280. The van der Waals surface area contributed by atoms with E-state index in [0.717, 1.165) is 5.56 Å². The number of nitrogens with zero attached hydrogens (tertiary/aromatic N) is 2. The Morgan fingerprint density at radius 1 is 0.968 bits per heavy atom. The SMILES string of the molecule is COc1ccc(-c2nc3ccccc3c(=O)n2CCOc2c(Cl)cc(Cl)cc2Cl)cc1. The van der Waals surface area contributed by atoms with Crippen molar-refractivity contribution >= 4 is 45.7 Å². The van der Waals surface area contributed by atoms with Crippen LogP contribution in [-0.2, 0) is 6.54 Å². The Balaban J connectivity index is 1.72. The topological polar surface area (TPSA) is 53.3 Å². The minimum absolute atomic E-state index is 0.157. The maximum absolute atomic E-state index is 13.2. The molecule has 0 saturated heterocycles. The molecule has 4 aromatic rings. The van der Waals surface area contributed by atoms with Crippen molar-refractivity contribution < 1.29 is 9.47 Å². The van der Waals surface area contributed by atoms with Gasteiger partial charge in [0.15, 0.2) is 5.75 Å². The molecule has 0 atom stereocenters. The highest BCUT2D eigenvalue weighted by molar-refractivity contribution is 6.40. The van der Waals surface area contributed by atoms with Crippen molar-refractivity contribution in [3.63, 3.8) is 0 Å². The van der Waals surface area contributed by atoms with Gasteiger partial charge in [0, 0.05) is 10.6 Å². The molecule has 5 nitrogen and oxygen atoms in total. The summed E-state index contributed by atoms with van der Waals surface area (Å²) in [4.78, 5) is 18.0. The standard InChI is InChI=1S/C23H17Cl3N2O3/c1-30-16-8-6-14(7-9-16)22-27-20-5-3-2-4-17(20)23(29)28(22)10-11-31-21-18(25)12-15(24)13-19(21)26/h2-9,12-13H,10-11H2,1H3. The van der Waals surface area contributed by atoms with Crippen molar-refractivity contribution in [2.45, 2.75) is 6.54 Å². The van der Waals surface area contributed by atoms with Crippen LogP contribution in [0.4, 0.5) is 0 Å². The van der Waals surface area contributed by atoms with Crippen molar-refractivity contribution in [1.82, 2.24) is 9.55 Å². The van der Waals surface area contributed by atoms with Gasteiger partial charge in [-0.1, -0.05) is 46.9 Å². The van der Waals surface area contributed by atoms with Crippen LogP contribution < -0.4 is 15.0 Å². The van der Waals surface area contributed by atoms with E-state index in [9.17, 15) is 4.79 Å². The molecule has 0 aliphatic rings. The van der Waals surface area contributed by atoms with Crippen LogP contribution in [0.5, 0.6) is 11.5 Å². The third kappa shape index (κ3) is 4.49. The highest BCUT2D eigenvalue weighted by Gasteiger charge is 2.14. The van der Waals surface area contributed by atoms with E-state index in [1.807, 2.05) is 42.5 Å². The number of methoxy groups -OCH3 is 1. The number of rotatable bonds is 6. The summed E-state index contributed by atoms with van der Waals surface area (Å²) < 4.78 is 12.6. The Morgan fingerprint density at radius 3 is 2.32 bits per heavy atom. The Hall–Kier alpha value is -2.73. The van der Waals surface area contributed by atoms with Gasteiger partial charge >= 0.3 is 0 Å². The van der Waals surface area contributed by atoms with Crippen molar-refractivity contribution in [2.24, 2.45) is 0 Å². The molecule has 0 aliphatic carbocycles. The molecule has 158 valence electrons. The Labute approximate surface area is 193 Å². The van der Waals surface area contributed by atoms with Crippen LogP contribution in [0.25, 0.3) is 22.3 Å². The molecule has 3 aromatic carbocycles. The minimum atomic E-state index is -0.159. The van der Waals surface area contributed by atoms with E-state index in [-0.39, 0.29) is 18.7 Å². The second-order valence-corrected chi connectivity index (χ2v) is 7.94. The predicted molar refractivity (Wildman–Crippen MR) is 125 cm³/mol. The highest BCUT2D eigenvalue weighted by atomic mass is 35.5. The zero-order valence-corrected chi connectivity index (χ0v) is 18.7. The summed E-state index contributed by atoms with van der Waals surface area (Å²) in [5.74, 6) is 1.57. The van der Waals surface area contributed by atoms with Gasteiger partial charge < -0.3 is 9.47 Å². The number of fused-ring (bicyclic) bond motifs is 1. The summed E-state index contributed by atoms with van der Waals surface area (Å²) in [7, 11) is 1.60. The molecular weight excluding hydrogens is 459 g/mol. The van der Waals surface area contributed by atoms with Crippen molar-refractivity contribution in [3.8, 4) is 22.9 Å². The largest absolute Gasteiger partial charge is 0.497 e. The summed E-state index contributed by atoms with van der Waals surface area (Å²) in [6, 6.07) is 17.7. The predicted octanol–water partition coefficient (Wildman–Crippen LogP) is 6.11. The molecule has 0 aliphatic heterocycles. The van der Waals surface area contributed by atoms with Gasteiger partial charge in [-0.3, -0.25) is 9.36 Å². The van der Waals surface area contributed by atoms with Crippen LogP contribution in [0.2, 0.25) is 15.1 Å². The van der Waals surface area contributed by atoms with Crippen LogP contribution in [0.15, 0.2) is 65.5 Å². The molecule has 1 aromatic heterocycles. The molecule has 8 heteroatoms. The summed E-state index contributed by atoms with van der Waals surface area (Å²) >= 11 is 18.3. The van der Waals surface area contributed by atoms with Crippen LogP contribution in [0.1, 0.15) is 0 Å². The smallest absolute Gasteiger partial charge is 0.261 e. The van der Waals surface area contributed by atoms with E-state index in [2.05, 4.69) is 0 Å². The van der Waals surface area contributed by atoms with Gasteiger partial charge in [-0.05, 0) is 48.5 Å². The number of ether oxygens (including phenoxy) is 2. The lowest BCUT2D eigenvalue weighted by Gasteiger charge is -2.15. The zero-order valence-electron chi connectivity index (χ0n) is 16.4. The van der Waals surface area contributed by atoms with Crippen molar-refractivity contribution in [2.75, 3.05) is 13.7 Å². The summed E-state index contributed by atoms with van der Waals surface area (Å²) in [6.45, 7) is 0.400. The number of benzene rings is 3. The van der Waals surface area contributed by atoms with Gasteiger partial charge in [0.1, 0.15) is 18.2 Å². The van der Waals surface area contributed by atoms with Gasteiger partial charge in [-0.15, -0.1) is 0 Å². The van der Waals surface area contributed by atoms with Crippen LogP contribution in [0.3, 0.4) is 0 Å². The van der Waals surface area contributed by atoms with E-state index < -0.39 is 0 Å².